The van der Waals surface area contributed by atoms with E-state index in [1.165, 1.54) is 0 Å². The van der Waals surface area contributed by atoms with Crippen molar-refractivity contribution in [1.82, 2.24) is 9.97 Å². The third kappa shape index (κ3) is 4.01. The molecule has 1 aromatic heterocycles. The van der Waals surface area contributed by atoms with Gasteiger partial charge in [0.05, 0.1) is 5.92 Å². The van der Waals surface area contributed by atoms with Crippen LogP contribution in [0.25, 0.3) is 0 Å². The smallest absolute Gasteiger partial charge is 0.308 e. The fourth-order valence-corrected chi connectivity index (χ4v) is 1.14. The fraction of sp³-hybridized carbons (Fsp3) is 0.583. The Hall–Kier alpha value is -1.65. The third-order valence-corrected chi connectivity index (χ3v) is 2.51. The lowest BCUT2D eigenvalue weighted by Gasteiger charge is -2.18. The Labute approximate surface area is 101 Å². The van der Waals surface area contributed by atoms with Gasteiger partial charge in [0, 0.05) is 18.9 Å². The zero-order valence-electron chi connectivity index (χ0n) is 10.7. The molecule has 1 rings (SSSR count). The highest BCUT2D eigenvalue weighted by Crippen LogP contribution is 2.20. The largest absolute Gasteiger partial charge is 0.481 e. The van der Waals surface area contributed by atoms with Gasteiger partial charge in [-0.2, -0.15) is 0 Å². The van der Waals surface area contributed by atoms with E-state index in [9.17, 15) is 4.79 Å². The van der Waals surface area contributed by atoms with E-state index in [0.29, 0.717) is 12.5 Å². The summed E-state index contributed by atoms with van der Waals surface area (Å²) in [6, 6.07) is 0. The molecular weight excluding hydrogens is 218 g/mol. The summed E-state index contributed by atoms with van der Waals surface area (Å²) >= 11 is 0. The maximum Gasteiger partial charge on any atom is 0.308 e. The van der Waals surface area contributed by atoms with Crippen LogP contribution < -0.4 is 5.32 Å². The van der Waals surface area contributed by atoms with Gasteiger partial charge in [-0.05, 0) is 11.0 Å². The molecule has 94 valence electrons. The molecular formula is C12H19N3O2. The van der Waals surface area contributed by atoms with Gasteiger partial charge >= 0.3 is 5.97 Å². The lowest BCUT2D eigenvalue weighted by molar-refractivity contribution is -0.140. The molecule has 0 aliphatic rings. The number of nitrogens with one attached hydrogen (secondary N) is 1. The number of carboxylic acid groups (broad SMARTS) is 1. The standard InChI is InChI=1S/C12H19N3O2/c1-8(10(16)17)5-13-11-14-6-9(7-15-11)12(2,3)4/h6-8H,5H2,1-4H3,(H,16,17)(H,13,14,15). The van der Waals surface area contributed by atoms with Crippen molar-refractivity contribution in [2.45, 2.75) is 33.1 Å². The molecule has 0 spiro atoms. The van der Waals surface area contributed by atoms with Crippen molar-refractivity contribution in [2.24, 2.45) is 5.92 Å². The number of aliphatic carboxylic acids is 1. The molecule has 1 unspecified atom stereocenters. The third-order valence-electron chi connectivity index (χ3n) is 2.51. The molecule has 0 fully saturated rings. The number of carbonyl (C=O) groups is 1. The van der Waals surface area contributed by atoms with Crippen molar-refractivity contribution < 1.29 is 9.90 Å². The van der Waals surface area contributed by atoms with Gasteiger partial charge in [-0.15, -0.1) is 0 Å². The summed E-state index contributed by atoms with van der Waals surface area (Å²) in [4.78, 5) is 18.9. The van der Waals surface area contributed by atoms with E-state index in [1.54, 1.807) is 19.3 Å². The summed E-state index contributed by atoms with van der Waals surface area (Å²) in [5.74, 6) is -0.823. The number of carboxylic acids is 1. The first kappa shape index (κ1) is 13.4. The van der Waals surface area contributed by atoms with Gasteiger partial charge in [-0.1, -0.05) is 27.7 Å². The van der Waals surface area contributed by atoms with Crippen molar-refractivity contribution in [3.05, 3.63) is 18.0 Å². The summed E-state index contributed by atoms with van der Waals surface area (Å²) in [5.41, 5.74) is 1.07. The van der Waals surface area contributed by atoms with Crippen LogP contribution in [0.5, 0.6) is 0 Å². The van der Waals surface area contributed by atoms with E-state index < -0.39 is 11.9 Å². The molecule has 0 saturated heterocycles. The second-order valence-corrected chi connectivity index (χ2v) is 5.17. The summed E-state index contributed by atoms with van der Waals surface area (Å²) in [6.07, 6.45) is 3.53. The molecule has 1 aromatic rings. The van der Waals surface area contributed by atoms with Crippen LogP contribution in [0.15, 0.2) is 12.4 Å². The van der Waals surface area contributed by atoms with Crippen LogP contribution >= 0.6 is 0 Å². The molecule has 1 atom stereocenters. The molecule has 0 aliphatic carbocycles. The highest BCUT2D eigenvalue weighted by Gasteiger charge is 2.15. The van der Waals surface area contributed by atoms with Crippen molar-refractivity contribution in [3.8, 4) is 0 Å². The van der Waals surface area contributed by atoms with Gasteiger partial charge in [-0.3, -0.25) is 4.79 Å². The Morgan fingerprint density at radius 3 is 2.35 bits per heavy atom. The Morgan fingerprint density at radius 2 is 1.94 bits per heavy atom. The minimum absolute atomic E-state index is 0.0207. The highest BCUT2D eigenvalue weighted by molar-refractivity contribution is 5.70. The summed E-state index contributed by atoms with van der Waals surface area (Å²) in [5, 5.41) is 11.6. The van der Waals surface area contributed by atoms with Gasteiger partial charge < -0.3 is 10.4 Å². The van der Waals surface area contributed by atoms with Crippen LogP contribution in [-0.4, -0.2) is 27.6 Å². The zero-order chi connectivity index (χ0) is 13.1. The van der Waals surface area contributed by atoms with E-state index >= 15 is 0 Å². The first-order chi connectivity index (χ1) is 7.80. The van der Waals surface area contributed by atoms with E-state index in [1.807, 2.05) is 0 Å². The van der Waals surface area contributed by atoms with Crippen LogP contribution in [0.2, 0.25) is 0 Å². The molecule has 0 radical (unpaired) electrons. The van der Waals surface area contributed by atoms with Crippen LogP contribution in [0.3, 0.4) is 0 Å². The maximum absolute atomic E-state index is 10.6. The average molecular weight is 237 g/mol. The topological polar surface area (TPSA) is 75.1 Å². The SMILES string of the molecule is CC(CNc1ncc(C(C)(C)C)cn1)C(=O)O. The van der Waals surface area contributed by atoms with Crippen molar-refractivity contribution >= 4 is 11.9 Å². The predicted molar refractivity (Wildman–Crippen MR) is 66.0 cm³/mol. The maximum atomic E-state index is 10.6. The summed E-state index contributed by atoms with van der Waals surface area (Å²) in [6.45, 7) is 8.23. The second-order valence-electron chi connectivity index (χ2n) is 5.17. The van der Waals surface area contributed by atoms with Crippen molar-refractivity contribution in [3.63, 3.8) is 0 Å². The molecule has 0 amide bonds. The van der Waals surface area contributed by atoms with E-state index in [2.05, 4.69) is 36.1 Å². The van der Waals surface area contributed by atoms with Crippen LogP contribution in [0.4, 0.5) is 5.95 Å². The minimum Gasteiger partial charge on any atom is -0.481 e. The number of anilines is 1. The van der Waals surface area contributed by atoms with Gasteiger partial charge in [0.15, 0.2) is 0 Å². The fourth-order valence-electron chi connectivity index (χ4n) is 1.14. The molecule has 0 aliphatic heterocycles. The van der Waals surface area contributed by atoms with E-state index in [4.69, 9.17) is 5.11 Å². The number of hydrogen-bond donors (Lipinski definition) is 2. The highest BCUT2D eigenvalue weighted by atomic mass is 16.4. The monoisotopic (exact) mass is 237 g/mol. The molecule has 5 heteroatoms. The Kier molecular flexibility index (Phi) is 4.04. The molecule has 0 saturated carbocycles. The Bertz CT molecular complexity index is 382. The Morgan fingerprint density at radius 1 is 1.41 bits per heavy atom. The molecule has 2 N–H and O–H groups in total. The molecule has 5 nitrogen and oxygen atoms in total. The summed E-state index contributed by atoms with van der Waals surface area (Å²) in [7, 11) is 0. The molecule has 17 heavy (non-hydrogen) atoms. The normalized spacial score (nSPS) is 13.2. The second kappa shape index (κ2) is 5.12. The van der Waals surface area contributed by atoms with E-state index in [-0.39, 0.29) is 5.41 Å². The summed E-state index contributed by atoms with van der Waals surface area (Å²) < 4.78 is 0. The lowest BCUT2D eigenvalue weighted by atomic mass is 9.89. The van der Waals surface area contributed by atoms with Crippen LogP contribution in [0, 0.1) is 5.92 Å². The van der Waals surface area contributed by atoms with Gasteiger partial charge in [0.25, 0.3) is 0 Å². The number of hydrogen-bond acceptors (Lipinski definition) is 4. The van der Waals surface area contributed by atoms with Gasteiger partial charge in [0.2, 0.25) is 5.95 Å². The van der Waals surface area contributed by atoms with Crippen LogP contribution in [0.1, 0.15) is 33.3 Å². The number of rotatable bonds is 4. The van der Waals surface area contributed by atoms with Crippen molar-refractivity contribution in [2.75, 3.05) is 11.9 Å². The first-order valence-electron chi connectivity index (χ1n) is 5.60. The molecule has 1 heterocycles. The zero-order valence-corrected chi connectivity index (χ0v) is 10.7. The van der Waals surface area contributed by atoms with Crippen molar-refractivity contribution in [1.29, 1.82) is 0 Å². The predicted octanol–water partition coefficient (Wildman–Crippen LogP) is 1.91. The number of aromatic nitrogens is 2. The quantitative estimate of drug-likeness (QED) is 0.836. The number of nitrogens with zero attached hydrogens (tertiary/aromatic N) is 2. The van der Waals surface area contributed by atoms with Gasteiger partial charge in [0.1, 0.15) is 0 Å². The minimum atomic E-state index is -0.830. The first-order valence-corrected chi connectivity index (χ1v) is 5.60. The van der Waals surface area contributed by atoms with E-state index in [0.717, 1.165) is 5.56 Å². The molecule has 0 aromatic carbocycles. The average Bonchev–Trinajstić information content (AvgIpc) is 2.25. The van der Waals surface area contributed by atoms with Crippen LogP contribution in [-0.2, 0) is 10.2 Å². The Balaban J connectivity index is 2.60. The van der Waals surface area contributed by atoms with Gasteiger partial charge in [-0.25, -0.2) is 9.97 Å². The molecule has 0 bridgehead atoms. The lowest BCUT2D eigenvalue weighted by Crippen LogP contribution is -2.21.